The number of hydrogen-bond donors (Lipinski definition) is 3. The van der Waals surface area contributed by atoms with Crippen LogP contribution in [0.5, 0.6) is 0 Å². The molecule has 0 aromatic carbocycles. The second-order valence-electron chi connectivity index (χ2n) is 6.97. The molecular weight excluding hydrogens is 322 g/mol. The van der Waals surface area contributed by atoms with Crippen molar-refractivity contribution in [2.75, 3.05) is 18.4 Å². The zero-order valence-electron chi connectivity index (χ0n) is 13.9. The van der Waals surface area contributed by atoms with Gasteiger partial charge in [0.1, 0.15) is 11.5 Å². The Morgan fingerprint density at radius 3 is 2.96 bits per heavy atom. The highest BCUT2D eigenvalue weighted by atomic mass is 16.2. The molecule has 132 valence electrons. The van der Waals surface area contributed by atoms with Crippen LogP contribution in [0.3, 0.4) is 0 Å². The van der Waals surface area contributed by atoms with Crippen molar-refractivity contribution >= 4 is 23.5 Å². The number of nitrogens with zero attached hydrogens (tertiary/aromatic N) is 2. The second-order valence-corrected chi connectivity index (χ2v) is 6.97. The normalized spacial score (nSPS) is 25.7. The first kappa shape index (κ1) is 15.9. The quantitative estimate of drug-likeness (QED) is 0.729. The molecule has 1 aromatic heterocycles. The highest BCUT2D eigenvalue weighted by Crippen LogP contribution is 2.30. The molecule has 0 bridgehead atoms. The van der Waals surface area contributed by atoms with E-state index >= 15 is 0 Å². The van der Waals surface area contributed by atoms with Crippen LogP contribution < -0.4 is 16.0 Å². The van der Waals surface area contributed by atoms with Gasteiger partial charge in [0.2, 0.25) is 11.8 Å². The average Bonchev–Trinajstić information content (AvgIpc) is 3.41. The van der Waals surface area contributed by atoms with E-state index in [4.69, 9.17) is 0 Å². The number of anilines is 1. The van der Waals surface area contributed by atoms with Gasteiger partial charge in [-0.1, -0.05) is 0 Å². The standard InChI is InChI=1S/C17H21N5O3/c23-13(19-11-3-4-11)10-22-9-7-17(6-5-14(22)24)20-15-12(16(25)21-17)2-1-8-18-15/h1-2,8,11H,3-7,9-10H2,(H,18,20)(H,19,23)(H,21,25). The number of nitrogens with one attached hydrogen (secondary N) is 3. The molecule has 3 heterocycles. The number of fused-ring (bicyclic) bond motifs is 1. The predicted molar refractivity (Wildman–Crippen MR) is 89.7 cm³/mol. The van der Waals surface area contributed by atoms with Gasteiger partial charge in [-0.05, 0) is 31.4 Å². The largest absolute Gasteiger partial charge is 0.352 e. The van der Waals surface area contributed by atoms with E-state index in [1.807, 2.05) is 0 Å². The molecule has 1 unspecified atom stereocenters. The highest BCUT2D eigenvalue weighted by molar-refractivity contribution is 6.01. The van der Waals surface area contributed by atoms with Gasteiger partial charge in [0.15, 0.2) is 0 Å². The summed E-state index contributed by atoms with van der Waals surface area (Å²) in [5.41, 5.74) is -0.195. The SMILES string of the molecule is O=C(CN1CCC2(CCC1=O)NC(=O)c1cccnc1N2)NC1CC1. The second kappa shape index (κ2) is 6.02. The van der Waals surface area contributed by atoms with Crippen molar-refractivity contribution in [2.24, 2.45) is 0 Å². The Hall–Kier alpha value is -2.64. The number of amides is 3. The fourth-order valence-corrected chi connectivity index (χ4v) is 3.38. The van der Waals surface area contributed by atoms with Crippen molar-refractivity contribution in [2.45, 2.75) is 43.8 Å². The molecule has 1 saturated carbocycles. The van der Waals surface area contributed by atoms with E-state index in [0.29, 0.717) is 30.8 Å². The van der Waals surface area contributed by atoms with Gasteiger partial charge in [-0.2, -0.15) is 0 Å². The molecule has 3 amide bonds. The predicted octanol–water partition coefficient (Wildman–Crippen LogP) is 0.224. The van der Waals surface area contributed by atoms with Crippen LogP contribution in [0.1, 0.15) is 42.5 Å². The van der Waals surface area contributed by atoms with E-state index in [0.717, 1.165) is 12.8 Å². The first-order valence-corrected chi connectivity index (χ1v) is 8.67. The summed E-state index contributed by atoms with van der Waals surface area (Å²) in [6, 6.07) is 3.71. The number of pyridine rings is 1. The minimum atomic E-state index is -0.699. The lowest BCUT2D eigenvalue weighted by Gasteiger charge is -2.39. The Balaban J connectivity index is 1.46. The van der Waals surface area contributed by atoms with E-state index in [-0.39, 0.29) is 36.7 Å². The van der Waals surface area contributed by atoms with Crippen LogP contribution in [-0.2, 0) is 9.59 Å². The third-order valence-corrected chi connectivity index (χ3v) is 4.97. The number of likely N-dealkylation sites (tertiary alicyclic amines) is 1. The molecule has 3 N–H and O–H groups in total. The van der Waals surface area contributed by atoms with Crippen LogP contribution in [0.2, 0.25) is 0 Å². The summed E-state index contributed by atoms with van der Waals surface area (Å²) in [7, 11) is 0. The van der Waals surface area contributed by atoms with Crippen molar-refractivity contribution in [3.63, 3.8) is 0 Å². The smallest absolute Gasteiger partial charge is 0.256 e. The van der Waals surface area contributed by atoms with E-state index in [9.17, 15) is 14.4 Å². The summed E-state index contributed by atoms with van der Waals surface area (Å²) in [6.45, 7) is 0.487. The molecule has 1 spiro atoms. The molecular formula is C17H21N5O3. The monoisotopic (exact) mass is 343 g/mol. The van der Waals surface area contributed by atoms with Crippen LogP contribution in [0, 0.1) is 0 Å². The maximum atomic E-state index is 12.4. The average molecular weight is 343 g/mol. The maximum absolute atomic E-state index is 12.4. The van der Waals surface area contributed by atoms with Gasteiger partial charge in [0.05, 0.1) is 12.1 Å². The lowest BCUT2D eigenvalue weighted by atomic mass is 9.97. The number of carbonyl (C=O) groups is 3. The topological polar surface area (TPSA) is 103 Å². The van der Waals surface area contributed by atoms with Gasteiger partial charge < -0.3 is 20.9 Å². The molecule has 2 fully saturated rings. The summed E-state index contributed by atoms with van der Waals surface area (Å²) >= 11 is 0. The third kappa shape index (κ3) is 3.29. The Morgan fingerprint density at radius 1 is 1.32 bits per heavy atom. The maximum Gasteiger partial charge on any atom is 0.256 e. The minimum absolute atomic E-state index is 0.0642. The Kier molecular flexibility index (Phi) is 3.82. The molecule has 1 atom stereocenters. The molecule has 3 aliphatic rings. The van der Waals surface area contributed by atoms with Crippen molar-refractivity contribution in [1.82, 2.24) is 20.5 Å². The van der Waals surface area contributed by atoms with Crippen LogP contribution >= 0.6 is 0 Å². The van der Waals surface area contributed by atoms with Crippen molar-refractivity contribution in [3.8, 4) is 0 Å². The van der Waals surface area contributed by atoms with Gasteiger partial charge in [-0.3, -0.25) is 14.4 Å². The van der Waals surface area contributed by atoms with Gasteiger partial charge in [-0.25, -0.2) is 4.98 Å². The van der Waals surface area contributed by atoms with Crippen LogP contribution in [-0.4, -0.2) is 52.4 Å². The van der Waals surface area contributed by atoms with E-state index in [1.165, 1.54) is 0 Å². The Labute approximate surface area is 145 Å². The van der Waals surface area contributed by atoms with Gasteiger partial charge in [0, 0.05) is 31.6 Å². The molecule has 0 radical (unpaired) electrons. The molecule has 4 rings (SSSR count). The van der Waals surface area contributed by atoms with Gasteiger partial charge >= 0.3 is 0 Å². The summed E-state index contributed by atoms with van der Waals surface area (Å²) in [5, 5.41) is 9.20. The first-order chi connectivity index (χ1) is 12.0. The first-order valence-electron chi connectivity index (χ1n) is 8.67. The van der Waals surface area contributed by atoms with Crippen LogP contribution in [0.15, 0.2) is 18.3 Å². The van der Waals surface area contributed by atoms with E-state index in [1.54, 1.807) is 23.2 Å². The van der Waals surface area contributed by atoms with E-state index in [2.05, 4.69) is 20.9 Å². The lowest BCUT2D eigenvalue weighted by Crippen LogP contribution is -2.58. The zero-order chi connectivity index (χ0) is 17.4. The summed E-state index contributed by atoms with van der Waals surface area (Å²) in [4.78, 5) is 42.6. The molecule has 8 heteroatoms. The number of aromatic nitrogens is 1. The molecule has 1 aliphatic carbocycles. The molecule has 1 saturated heterocycles. The molecule has 1 aromatic rings. The summed E-state index contributed by atoms with van der Waals surface area (Å²) in [6.07, 6.45) is 4.93. The third-order valence-electron chi connectivity index (χ3n) is 4.97. The van der Waals surface area contributed by atoms with E-state index < -0.39 is 5.66 Å². The molecule has 2 aliphatic heterocycles. The lowest BCUT2D eigenvalue weighted by molar-refractivity contribution is -0.135. The van der Waals surface area contributed by atoms with Crippen molar-refractivity contribution in [1.29, 1.82) is 0 Å². The van der Waals surface area contributed by atoms with Gasteiger partial charge in [0.25, 0.3) is 5.91 Å². The summed E-state index contributed by atoms with van der Waals surface area (Å²) < 4.78 is 0. The van der Waals surface area contributed by atoms with Crippen LogP contribution in [0.25, 0.3) is 0 Å². The van der Waals surface area contributed by atoms with Crippen molar-refractivity contribution in [3.05, 3.63) is 23.9 Å². The number of carbonyl (C=O) groups excluding carboxylic acids is 3. The Bertz CT molecular complexity index is 733. The van der Waals surface area contributed by atoms with Gasteiger partial charge in [-0.15, -0.1) is 0 Å². The highest BCUT2D eigenvalue weighted by Gasteiger charge is 2.41. The summed E-state index contributed by atoms with van der Waals surface area (Å²) in [5.74, 6) is 0.179. The fraction of sp³-hybridized carbons (Fsp3) is 0.529. The van der Waals surface area contributed by atoms with Crippen LogP contribution in [0.4, 0.5) is 5.82 Å². The minimum Gasteiger partial charge on any atom is -0.352 e. The van der Waals surface area contributed by atoms with Crippen molar-refractivity contribution < 1.29 is 14.4 Å². The number of rotatable bonds is 3. The molecule has 8 nitrogen and oxygen atoms in total. The molecule has 25 heavy (non-hydrogen) atoms. The fourth-order valence-electron chi connectivity index (χ4n) is 3.38. The Morgan fingerprint density at radius 2 is 2.16 bits per heavy atom. The zero-order valence-corrected chi connectivity index (χ0v) is 13.9. The number of hydrogen-bond acceptors (Lipinski definition) is 5.